The molecule has 6 aromatic rings. The van der Waals surface area contributed by atoms with E-state index in [1.54, 1.807) is 19.4 Å². The zero-order chi connectivity index (χ0) is 23.9. The lowest BCUT2D eigenvalue weighted by molar-refractivity contribution is 0.857. The topological polar surface area (TPSA) is 95.8 Å². The summed E-state index contributed by atoms with van der Waals surface area (Å²) < 4.78 is 5.52. The van der Waals surface area contributed by atoms with Crippen molar-refractivity contribution >= 4 is 28.4 Å². The highest BCUT2D eigenvalue weighted by Crippen LogP contribution is 2.31. The highest BCUT2D eigenvalue weighted by atomic mass is 32.2. The van der Waals surface area contributed by atoms with Gasteiger partial charge in [0.05, 0.1) is 22.3 Å². The second kappa shape index (κ2) is 8.48. The van der Waals surface area contributed by atoms with E-state index in [-0.39, 0.29) is 5.56 Å². The van der Waals surface area contributed by atoms with Crippen molar-refractivity contribution in [2.45, 2.75) is 17.8 Å². The molecule has 9 nitrogen and oxygen atoms in total. The molecular weight excluding hydrogens is 460 g/mol. The predicted molar refractivity (Wildman–Crippen MR) is 135 cm³/mol. The molecule has 0 spiro atoms. The van der Waals surface area contributed by atoms with Gasteiger partial charge in [-0.3, -0.25) is 23.3 Å². The summed E-state index contributed by atoms with van der Waals surface area (Å²) in [7, 11) is 1.71. The number of benzene rings is 2. The Balaban J connectivity index is 1.46. The Hall–Kier alpha value is -4.31. The number of hydrogen-bond acceptors (Lipinski definition) is 7. The molecule has 0 unspecified atom stereocenters. The number of nitrogens with zero attached hydrogens (tertiary/aromatic N) is 8. The van der Waals surface area contributed by atoms with Crippen molar-refractivity contribution in [3.8, 4) is 17.1 Å². The molecule has 4 heterocycles. The van der Waals surface area contributed by atoms with E-state index in [9.17, 15) is 4.79 Å². The van der Waals surface area contributed by atoms with Crippen molar-refractivity contribution in [2.24, 2.45) is 7.05 Å². The number of aromatic nitrogens is 8. The molecule has 0 aliphatic rings. The molecule has 172 valence electrons. The van der Waals surface area contributed by atoms with E-state index in [1.165, 1.54) is 16.3 Å². The van der Waals surface area contributed by atoms with Crippen molar-refractivity contribution in [1.82, 2.24) is 38.9 Å². The number of aryl methyl sites for hydroxylation is 2. The van der Waals surface area contributed by atoms with Crippen LogP contribution in [-0.4, -0.2) is 38.9 Å². The summed E-state index contributed by atoms with van der Waals surface area (Å²) in [6, 6.07) is 19.5. The molecule has 0 saturated heterocycles. The SMILES string of the molecule is Cc1ccccc1-n1c(SCc2nnc3n(C)c(=O)c4ccccc4n23)nnc1-c1ccncc1. The van der Waals surface area contributed by atoms with Crippen LogP contribution in [0.2, 0.25) is 0 Å². The molecule has 4 aromatic heterocycles. The first-order valence-electron chi connectivity index (χ1n) is 11.0. The molecule has 0 saturated carbocycles. The fourth-order valence-electron chi connectivity index (χ4n) is 4.20. The standard InChI is InChI=1S/C25H20N8OS/c1-16-7-3-5-9-19(16)33-22(17-11-13-26-14-12-17)28-30-25(33)35-15-21-27-29-24-31(2)23(34)18-8-4-6-10-20(18)32(21)24/h3-14H,15H2,1-2H3. The van der Waals surface area contributed by atoms with Crippen LogP contribution in [0.4, 0.5) is 0 Å². The van der Waals surface area contributed by atoms with Crippen LogP contribution in [0.15, 0.2) is 83.0 Å². The lowest BCUT2D eigenvalue weighted by Gasteiger charge is -2.13. The van der Waals surface area contributed by atoms with E-state index in [0.717, 1.165) is 39.1 Å². The minimum absolute atomic E-state index is 0.0963. The average molecular weight is 481 g/mol. The van der Waals surface area contributed by atoms with Gasteiger partial charge < -0.3 is 0 Å². The largest absolute Gasteiger partial charge is 0.279 e. The van der Waals surface area contributed by atoms with Crippen molar-refractivity contribution in [3.05, 3.63) is 94.8 Å². The maximum absolute atomic E-state index is 12.8. The Bertz CT molecular complexity index is 1750. The molecule has 0 aliphatic heterocycles. The predicted octanol–water partition coefficient (Wildman–Crippen LogP) is 3.82. The fraction of sp³-hybridized carbons (Fsp3) is 0.120. The smallest absolute Gasteiger partial charge is 0.262 e. The maximum atomic E-state index is 12.8. The molecule has 0 radical (unpaired) electrons. The van der Waals surface area contributed by atoms with E-state index in [4.69, 9.17) is 0 Å². The van der Waals surface area contributed by atoms with Crippen molar-refractivity contribution in [2.75, 3.05) is 0 Å². The van der Waals surface area contributed by atoms with Crippen molar-refractivity contribution < 1.29 is 0 Å². The van der Waals surface area contributed by atoms with E-state index in [2.05, 4.69) is 49.0 Å². The van der Waals surface area contributed by atoms with Crippen LogP contribution >= 0.6 is 11.8 Å². The molecule has 10 heteroatoms. The molecule has 0 aliphatic carbocycles. The monoisotopic (exact) mass is 480 g/mol. The van der Waals surface area contributed by atoms with E-state index in [0.29, 0.717) is 16.9 Å². The third-order valence-electron chi connectivity index (χ3n) is 5.95. The summed E-state index contributed by atoms with van der Waals surface area (Å²) in [6.45, 7) is 2.07. The zero-order valence-electron chi connectivity index (χ0n) is 19.0. The first-order valence-corrected chi connectivity index (χ1v) is 12.0. The molecule has 2 aromatic carbocycles. The van der Waals surface area contributed by atoms with Gasteiger partial charge in [0, 0.05) is 25.0 Å². The summed E-state index contributed by atoms with van der Waals surface area (Å²) in [5.74, 6) is 2.45. The van der Waals surface area contributed by atoms with Gasteiger partial charge in [0.1, 0.15) is 5.82 Å². The van der Waals surface area contributed by atoms with Crippen LogP contribution in [0.1, 0.15) is 11.4 Å². The van der Waals surface area contributed by atoms with Gasteiger partial charge in [0.2, 0.25) is 5.78 Å². The molecule has 0 atom stereocenters. The lowest BCUT2D eigenvalue weighted by atomic mass is 10.2. The van der Waals surface area contributed by atoms with Gasteiger partial charge in [-0.25, -0.2) is 0 Å². The number of para-hydroxylation sites is 2. The first kappa shape index (κ1) is 21.2. The van der Waals surface area contributed by atoms with E-state index >= 15 is 0 Å². The Morgan fingerprint density at radius 2 is 1.66 bits per heavy atom. The van der Waals surface area contributed by atoms with Crippen LogP contribution < -0.4 is 5.56 Å². The zero-order valence-corrected chi connectivity index (χ0v) is 19.8. The third kappa shape index (κ3) is 3.50. The van der Waals surface area contributed by atoms with Gasteiger partial charge in [-0.2, -0.15) is 0 Å². The van der Waals surface area contributed by atoms with Gasteiger partial charge in [0.15, 0.2) is 11.0 Å². The molecule has 35 heavy (non-hydrogen) atoms. The van der Waals surface area contributed by atoms with Crippen LogP contribution in [0.3, 0.4) is 0 Å². The summed E-state index contributed by atoms with van der Waals surface area (Å²) in [4.78, 5) is 16.9. The summed E-state index contributed by atoms with van der Waals surface area (Å²) in [5, 5.41) is 19.1. The van der Waals surface area contributed by atoms with Crippen molar-refractivity contribution in [1.29, 1.82) is 0 Å². The summed E-state index contributed by atoms with van der Waals surface area (Å²) in [6.07, 6.45) is 3.49. The number of rotatable bonds is 5. The van der Waals surface area contributed by atoms with Gasteiger partial charge in [-0.15, -0.1) is 20.4 Å². The lowest BCUT2D eigenvalue weighted by Crippen LogP contribution is -2.20. The minimum Gasteiger partial charge on any atom is -0.279 e. The van der Waals surface area contributed by atoms with Crippen LogP contribution in [-0.2, 0) is 12.8 Å². The highest BCUT2D eigenvalue weighted by Gasteiger charge is 2.20. The molecule has 0 N–H and O–H groups in total. The first-order chi connectivity index (χ1) is 17.1. The van der Waals surface area contributed by atoms with Crippen LogP contribution in [0.25, 0.3) is 33.8 Å². The Morgan fingerprint density at radius 1 is 0.886 bits per heavy atom. The minimum atomic E-state index is -0.0963. The number of hydrogen-bond donors (Lipinski definition) is 0. The Kier molecular flexibility index (Phi) is 5.14. The second-order valence-electron chi connectivity index (χ2n) is 8.09. The third-order valence-corrected chi connectivity index (χ3v) is 6.88. The second-order valence-corrected chi connectivity index (χ2v) is 9.03. The number of pyridine rings is 1. The quantitative estimate of drug-likeness (QED) is 0.346. The van der Waals surface area contributed by atoms with Gasteiger partial charge in [0.25, 0.3) is 5.56 Å². The maximum Gasteiger partial charge on any atom is 0.262 e. The highest BCUT2D eigenvalue weighted by molar-refractivity contribution is 7.98. The van der Waals surface area contributed by atoms with Gasteiger partial charge in [-0.05, 0) is 42.8 Å². The number of thioether (sulfide) groups is 1. The van der Waals surface area contributed by atoms with Crippen LogP contribution in [0, 0.1) is 6.92 Å². The molecule has 0 bridgehead atoms. The van der Waals surface area contributed by atoms with E-state index < -0.39 is 0 Å². The van der Waals surface area contributed by atoms with Gasteiger partial charge in [-0.1, -0.05) is 42.1 Å². The summed E-state index contributed by atoms with van der Waals surface area (Å²) in [5.41, 5.74) is 3.73. The van der Waals surface area contributed by atoms with Gasteiger partial charge >= 0.3 is 0 Å². The Morgan fingerprint density at radius 3 is 2.49 bits per heavy atom. The normalized spacial score (nSPS) is 11.5. The fourth-order valence-corrected chi connectivity index (χ4v) is 5.06. The van der Waals surface area contributed by atoms with Crippen molar-refractivity contribution in [3.63, 3.8) is 0 Å². The Labute approximate surface area is 204 Å². The molecular formula is C25H20N8OS. The van der Waals surface area contributed by atoms with E-state index in [1.807, 2.05) is 52.9 Å². The average Bonchev–Trinajstić information content (AvgIpc) is 3.51. The van der Waals surface area contributed by atoms with Crippen LogP contribution in [0.5, 0.6) is 0 Å². The number of fused-ring (bicyclic) bond motifs is 3. The molecule has 0 amide bonds. The summed E-state index contributed by atoms with van der Waals surface area (Å²) >= 11 is 1.52. The molecule has 0 fully saturated rings. The molecule has 6 rings (SSSR count).